The van der Waals surface area contributed by atoms with Crippen LogP contribution in [0.5, 0.6) is 0 Å². The van der Waals surface area contributed by atoms with Crippen LogP contribution in [-0.2, 0) is 14.8 Å². The molecule has 5 nitrogen and oxygen atoms in total. The van der Waals surface area contributed by atoms with Gasteiger partial charge in [-0.25, -0.2) is 17.9 Å². The molecule has 0 aliphatic heterocycles. The van der Waals surface area contributed by atoms with Gasteiger partial charge in [0.25, 0.3) is 0 Å². The fraction of sp³-hybridized carbons (Fsp3) is 0.267. The average Bonchev–Trinajstić information content (AvgIpc) is 3.01. The quantitative estimate of drug-likeness (QED) is 0.821. The van der Waals surface area contributed by atoms with Crippen molar-refractivity contribution >= 4 is 27.3 Å². The molecule has 2 aromatic rings. The molecule has 22 heavy (non-hydrogen) atoms. The Hall–Kier alpha value is -1.70. The normalized spacial score (nSPS) is 12.8. The van der Waals surface area contributed by atoms with Crippen molar-refractivity contribution in [2.75, 3.05) is 6.61 Å². The van der Waals surface area contributed by atoms with E-state index in [-0.39, 0.29) is 17.5 Å². The maximum atomic E-state index is 12.3. The highest BCUT2D eigenvalue weighted by Crippen LogP contribution is 2.21. The molecule has 0 unspecified atom stereocenters. The van der Waals surface area contributed by atoms with Gasteiger partial charge < -0.3 is 4.74 Å². The zero-order chi connectivity index (χ0) is 16.2. The molecule has 0 amide bonds. The lowest BCUT2D eigenvalue weighted by Gasteiger charge is -2.13. The van der Waals surface area contributed by atoms with Crippen LogP contribution in [0.3, 0.4) is 0 Å². The van der Waals surface area contributed by atoms with Crippen molar-refractivity contribution in [3.8, 4) is 0 Å². The van der Waals surface area contributed by atoms with E-state index >= 15 is 0 Å². The molecule has 7 heteroatoms. The van der Waals surface area contributed by atoms with Crippen LogP contribution in [0.2, 0.25) is 0 Å². The molecule has 0 radical (unpaired) electrons. The van der Waals surface area contributed by atoms with Gasteiger partial charge in [0.05, 0.1) is 23.1 Å². The highest BCUT2D eigenvalue weighted by Gasteiger charge is 2.19. The van der Waals surface area contributed by atoms with Gasteiger partial charge in [-0.2, -0.15) is 0 Å². The topological polar surface area (TPSA) is 72.5 Å². The number of carbonyl (C=O) groups is 1. The molecule has 118 valence electrons. The molecule has 0 aliphatic carbocycles. The van der Waals surface area contributed by atoms with Crippen molar-refractivity contribution in [2.24, 2.45) is 0 Å². The third-order valence-electron chi connectivity index (χ3n) is 2.98. The Bertz CT molecular complexity index is 721. The van der Waals surface area contributed by atoms with E-state index in [4.69, 9.17) is 4.74 Å². The largest absolute Gasteiger partial charge is 0.462 e. The number of carbonyl (C=O) groups excluding carboxylic acids is 1. The fourth-order valence-corrected chi connectivity index (χ4v) is 3.91. The molecule has 0 bridgehead atoms. The summed E-state index contributed by atoms with van der Waals surface area (Å²) in [6, 6.07) is 9.13. The van der Waals surface area contributed by atoms with Crippen LogP contribution < -0.4 is 4.72 Å². The summed E-state index contributed by atoms with van der Waals surface area (Å²) in [5.74, 6) is -0.466. The summed E-state index contributed by atoms with van der Waals surface area (Å²) in [6.07, 6.45) is 0. The number of hydrogen-bond acceptors (Lipinski definition) is 5. The number of nitrogens with one attached hydrogen (secondary N) is 1. The van der Waals surface area contributed by atoms with Crippen LogP contribution in [-0.4, -0.2) is 21.0 Å². The summed E-state index contributed by atoms with van der Waals surface area (Å²) in [4.78, 5) is 12.6. The van der Waals surface area contributed by atoms with Crippen molar-refractivity contribution < 1.29 is 17.9 Å². The third-order valence-corrected chi connectivity index (χ3v) is 5.59. The number of thiophene rings is 1. The van der Waals surface area contributed by atoms with Crippen molar-refractivity contribution in [3.63, 3.8) is 0 Å². The van der Waals surface area contributed by atoms with Gasteiger partial charge in [-0.15, -0.1) is 11.3 Å². The van der Waals surface area contributed by atoms with Gasteiger partial charge in [-0.05, 0) is 49.6 Å². The van der Waals surface area contributed by atoms with E-state index < -0.39 is 16.0 Å². The Balaban J connectivity index is 2.14. The molecular formula is C15H17NO4S2. The van der Waals surface area contributed by atoms with Crippen LogP contribution in [0.15, 0.2) is 46.7 Å². The van der Waals surface area contributed by atoms with Crippen molar-refractivity contribution in [1.82, 2.24) is 4.72 Å². The van der Waals surface area contributed by atoms with Crippen LogP contribution in [0, 0.1) is 0 Å². The summed E-state index contributed by atoms with van der Waals surface area (Å²) in [7, 11) is -3.64. The Labute approximate surface area is 134 Å². The first-order chi connectivity index (χ1) is 10.4. The van der Waals surface area contributed by atoms with Gasteiger partial charge in [-0.3, -0.25) is 0 Å². The zero-order valence-electron chi connectivity index (χ0n) is 12.3. The number of benzene rings is 1. The van der Waals surface area contributed by atoms with E-state index in [9.17, 15) is 13.2 Å². The molecular weight excluding hydrogens is 322 g/mol. The molecule has 1 heterocycles. The summed E-state index contributed by atoms with van der Waals surface area (Å²) in [5, 5.41) is 1.90. The van der Waals surface area contributed by atoms with Gasteiger partial charge in [0.15, 0.2) is 0 Å². The van der Waals surface area contributed by atoms with Crippen molar-refractivity contribution in [1.29, 1.82) is 0 Å². The Morgan fingerprint density at radius 2 is 1.95 bits per heavy atom. The number of ether oxygens (including phenoxy) is 1. The minimum absolute atomic E-state index is 0.115. The summed E-state index contributed by atoms with van der Waals surface area (Å²) < 4.78 is 32.1. The minimum Gasteiger partial charge on any atom is -0.462 e. The third kappa shape index (κ3) is 3.94. The Morgan fingerprint density at radius 3 is 2.50 bits per heavy atom. The van der Waals surface area contributed by atoms with E-state index in [0.717, 1.165) is 4.88 Å². The van der Waals surface area contributed by atoms with E-state index in [2.05, 4.69) is 4.72 Å². The van der Waals surface area contributed by atoms with Gasteiger partial charge in [0.1, 0.15) is 0 Å². The lowest BCUT2D eigenvalue weighted by molar-refractivity contribution is 0.0526. The van der Waals surface area contributed by atoms with Crippen LogP contribution >= 0.6 is 11.3 Å². The number of hydrogen-bond donors (Lipinski definition) is 1. The van der Waals surface area contributed by atoms with E-state index in [1.807, 2.05) is 17.5 Å². The highest BCUT2D eigenvalue weighted by atomic mass is 32.2. The first-order valence-corrected chi connectivity index (χ1v) is 9.13. The Kier molecular flexibility index (Phi) is 5.33. The smallest absolute Gasteiger partial charge is 0.338 e. The summed E-state index contributed by atoms with van der Waals surface area (Å²) >= 11 is 1.49. The minimum atomic E-state index is -3.64. The molecule has 0 saturated carbocycles. The zero-order valence-corrected chi connectivity index (χ0v) is 13.9. The molecule has 0 spiro atoms. The molecule has 0 fully saturated rings. The van der Waals surface area contributed by atoms with Gasteiger partial charge >= 0.3 is 5.97 Å². The van der Waals surface area contributed by atoms with Crippen molar-refractivity contribution in [3.05, 3.63) is 52.2 Å². The van der Waals surface area contributed by atoms with Gasteiger partial charge in [0, 0.05) is 4.88 Å². The van der Waals surface area contributed by atoms with E-state index in [0.29, 0.717) is 5.56 Å². The second-order valence-electron chi connectivity index (χ2n) is 4.60. The molecule has 1 atom stereocenters. The van der Waals surface area contributed by atoms with E-state index in [1.54, 1.807) is 13.8 Å². The van der Waals surface area contributed by atoms with Gasteiger partial charge in [-0.1, -0.05) is 6.07 Å². The second kappa shape index (κ2) is 7.04. The molecule has 0 aliphatic rings. The molecule has 1 N–H and O–H groups in total. The predicted octanol–water partition coefficient (Wildman–Crippen LogP) is 2.96. The molecule has 1 aromatic heterocycles. The summed E-state index contributed by atoms with van der Waals surface area (Å²) in [6.45, 7) is 3.78. The maximum absolute atomic E-state index is 12.3. The van der Waals surface area contributed by atoms with Crippen LogP contribution in [0.4, 0.5) is 0 Å². The first-order valence-electron chi connectivity index (χ1n) is 6.77. The monoisotopic (exact) mass is 339 g/mol. The van der Waals surface area contributed by atoms with Gasteiger partial charge in [0.2, 0.25) is 10.0 Å². The highest BCUT2D eigenvalue weighted by molar-refractivity contribution is 7.89. The first kappa shape index (κ1) is 16.7. The number of rotatable bonds is 6. The number of esters is 1. The molecule has 0 saturated heterocycles. The molecule has 2 rings (SSSR count). The second-order valence-corrected chi connectivity index (χ2v) is 7.30. The standard InChI is InChI=1S/C15H17NO4S2/c1-3-20-15(17)12-6-8-13(9-7-12)22(18,19)16-11(2)14-5-4-10-21-14/h4-11,16H,3H2,1-2H3/t11-/m0/s1. The SMILES string of the molecule is CCOC(=O)c1ccc(S(=O)(=O)N[C@@H](C)c2cccs2)cc1. The average molecular weight is 339 g/mol. The lowest BCUT2D eigenvalue weighted by Crippen LogP contribution is -2.26. The number of sulfonamides is 1. The fourth-order valence-electron chi connectivity index (χ4n) is 1.88. The van der Waals surface area contributed by atoms with Crippen molar-refractivity contribution in [2.45, 2.75) is 24.8 Å². The van der Waals surface area contributed by atoms with E-state index in [1.165, 1.54) is 35.6 Å². The predicted molar refractivity (Wildman–Crippen MR) is 85.5 cm³/mol. The Morgan fingerprint density at radius 1 is 1.27 bits per heavy atom. The van der Waals surface area contributed by atoms with Crippen LogP contribution in [0.1, 0.15) is 35.1 Å². The van der Waals surface area contributed by atoms with Crippen LogP contribution in [0.25, 0.3) is 0 Å². The lowest BCUT2D eigenvalue weighted by atomic mass is 10.2. The maximum Gasteiger partial charge on any atom is 0.338 e. The summed E-state index contributed by atoms with van der Waals surface area (Å²) in [5.41, 5.74) is 0.326. The molecule has 1 aromatic carbocycles.